The van der Waals surface area contributed by atoms with E-state index in [1.165, 1.54) is 0 Å². The van der Waals surface area contributed by atoms with Crippen molar-refractivity contribution >= 4 is 10.0 Å². The largest absolute Gasteiger partial charge is 0.314 e. The van der Waals surface area contributed by atoms with Gasteiger partial charge >= 0.3 is 0 Å². The predicted molar refractivity (Wildman–Crippen MR) is 98.4 cm³/mol. The molecule has 2 saturated heterocycles. The first-order chi connectivity index (χ1) is 11.5. The number of nitrogens with zero attached hydrogens (tertiary/aromatic N) is 1. The summed E-state index contributed by atoms with van der Waals surface area (Å²) in [5, 5.41) is 9.83. The first-order valence-electron chi connectivity index (χ1n) is 8.66. The Labute approximate surface area is 146 Å². The first kappa shape index (κ1) is 19.3. The summed E-state index contributed by atoms with van der Waals surface area (Å²) in [4.78, 5) is 0. The average molecular weight is 355 g/mol. The van der Waals surface area contributed by atoms with Gasteiger partial charge in [-0.3, -0.25) is 0 Å². The lowest BCUT2D eigenvalue weighted by molar-refractivity contribution is 0.310. The third-order valence-corrected chi connectivity index (χ3v) is 5.98. The predicted octanol–water partition coefficient (Wildman–Crippen LogP) is 0.378. The molecule has 0 bridgehead atoms. The zero-order valence-corrected chi connectivity index (χ0v) is 15.5. The van der Waals surface area contributed by atoms with Crippen molar-refractivity contribution in [2.75, 3.05) is 39.3 Å². The van der Waals surface area contributed by atoms with Gasteiger partial charge in [-0.15, -0.1) is 0 Å². The van der Waals surface area contributed by atoms with Crippen molar-refractivity contribution in [2.24, 2.45) is 0 Å². The Hall–Kier alpha value is -0.990. The van der Waals surface area contributed by atoms with Crippen LogP contribution in [-0.4, -0.2) is 64.1 Å². The van der Waals surface area contributed by atoms with Crippen molar-refractivity contribution < 1.29 is 8.42 Å². The molecule has 7 heteroatoms. The van der Waals surface area contributed by atoms with Crippen LogP contribution in [0, 0.1) is 0 Å². The normalized spacial score (nSPS) is 25.6. The molecule has 136 valence electrons. The highest BCUT2D eigenvalue weighted by molar-refractivity contribution is 7.88. The van der Waals surface area contributed by atoms with Crippen LogP contribution in [0.3, 0.4) is 0 Å². The van der Waals surface area contributed by atoms with Crippen LogP contribution in [0.5, 0.6) is 0 Å². The number of sulfonamides is 1. The first-order valence-corrected chi connectivity index (χ1v) is 10.3. The number of hydrogen-bond acceptors (Lipinski definition) is 5. The van der Waals surface area contributed by atoms with Crippen LogP contribution in [0.2, 0.25) is 0 Å². The lowest BCUT2D eigenvalue weighted by Gasteiger charge is -2.31. The standard InChI is InChI=1S/C12H18N2O2S.C5H12N2/c1-11-9-14(8-7-13-11)17(15,16)10-12-5-3-2-4-6-12;1-5-4-6-2-3-7-5/h2-6,11,13H,7-10H2,1H3;5-7H,2-4H2,1H3/t11-;5-/m11/s1. The van der Waals surface area contributed by atoms with Crippen molar-refractivity contribution in [3.63, 3.8) is 0 Å². The Morgan fingerprint density at radius 1 is 1.04 bits per heavy atom. The lowest BCUT2D eigenvalue weighted by atomic mass is 10.2. The van der Waals surface area contributed by atoms with Crippen LogP contribution in [0.25, 0.3) is 0 Å². The monoisotopic (exact) mass is 354 g/mol. The zero-order valence-electron chi connectivity index (χ0n) is 14.7. The molecule has 3 rings (SSSR count). The maximum atomic E-state index is 12.2. The molecular formula is C17H30N4O2S. The Morgan fingerprint density at radius 2 is 1.75 bits per heavy atom. The highest BCUT2D eigenvalue weighted by Crippen LogP contribution is 2.12. The van der Waals surface area contributed by atoms with Gasteiger partial charge in [-0.2, -0.15) is 4.31 Å². The van der Waals surface area contributed by atoms with Crippen LogP contribution in [0.4, 0.5) is 0 Å². The molecule has 0 aromatic heterocycles. The summed E-state index contributed by atoms with van der Waals surface area (Å²) >= 11 is 0. The number of rotatable bonds is 3. The third-order valence-electron chi connectivity index (χ3n) is 4.16. The maximum Gasteiger partial charge on any atom is 0.218 e. The van der Waals surface area contributed by atoms with Crippen LogP contribution in [0.15, 0.2) is 30.3 Å². The molecule has 1 aromatic rings. The van der Waals surface area contributed by atoms with Crippen LogP contribution in [-0.2, 0) is 15.8 Å². The van der Waals surface area contributed by atoms with Crippen LogP contribution < -0.4 is 16.0 Å². The van der Waals surface area contributed by atoms with Gasteiger partial charge in [-0.25, -0.2) is 8.42 Å². The fraction of sp³-hybridized carbons (Fsp3) is 0.647. The van der Waals surface area contributed by atoms with E-state index in [1.54, 1.807) is 4.31 Å². The molecule has 2 aliphatic rings. The van der Waals surface area contributed by atoms with Gasteiger partial charge in [0, 0.05) is 51.4 Å². The molecule has 2 aliphatic heterocycles. The van der Waals surface area contributed by atoms with E-state index in [9.17, 15) is 8.42 Å². The minimum Gasteiger partial charge on any atom is -0.314 e. The number of nitrogens with one attached hydrogen (secondary N) is 3. The Balaban J connectivity index is 0.000000249. The minimum absolute atomic E-state index is 0.0978. The van der Waals surface area contributed by atoms with E-state index in [2.05, 4.69) is 22.9 Å². The van der Waals surface area contributed by atoms with Crippen molar-refractivity contribution in [3.05, 3.63) is 35.9 Å². The average Bonchev–Trinajstić information content (AvgIpc) is 2.57. The van der Waals surface area contributed by atoms with E-state index >= 15 is 0 Å². The second-order valence-electron chi connectivity index (χ2n) is 6.51. The van der Waals surface area contributed by atoms with E-state index in [-0.39, 0.29) is 11.8 Å². The number of hydrogen-bond donors (Lipinski definition) is 3. The van der Waals surface area contributed by atoms with Gasteiger partial charge in [0.1, 0.15) is 0 Å². The van der Waals surface area contributed by atoms with Gasteiger partial charge in [-0.05, 0) is 19.4 Å². The minimum atomic E-state index is -3.18. The summed E-state index contributed by atoms with van der Waals surface area (Å²) in [5.41, 5.74) is 0.846. The van der Waals surface area contributed by atoms with Crippen molar-refractivity contribution in [1.29, 1.82) is 0 Å². The molecule has 0 saturated carbocycles. The van der Waals surface area contributed by atoms with E-state index in [0.29, 0.717) is 19.1 Å². The van der Waals surface area contributed by atoms with Crippen molar-refractivity contribution in [2.45, 2.75) is 31.7 Å². The molecule has 0 aliphatic carbocycles. The van der Waals surface area contributed by atoms with Crippen LogP contribution >= 0.6 is 0 Å². The molecule has 0 spiro atoms. The fourth-order valence-electron chi connectivity index (χ4n) is 2.82. The molecule has 6 nitrogen and oxygen atoms in total. The summed E-state index contributed by atoms with van der Waals surface area (Å²) in [6.07, 6.45) is 0. The number of benzene rings is 1. The van der Waals surface area contributed by atoms with Gasteiger partial charge < -0.3 is 16.0 Å². The van der Waals surface area contributed by atoms with Crippen LogP contribution in [0.1, 0.15) is 19.4 Å². The molecule has 2 atom stereocenters. The third kappa shape index (κ3) is 6.49. The number of piperazine rings is 2. The fourth-order valence-corrected chi connectivity index (χ4v) is 4.44. The van der Waals surface area contributed by atoms with E-state index in [0.717, 1.165) is 31.7 Å². The van der Waals surface area contributed by atoms with Crippen molar-refractivity contribution in [3.8, 4) is 0 Å². The molecule has 2 fully saturated rings. The molecule has 3 N–H and O–H groups in total. The van der Waals surface area contributed by atoms with E-state index in [4.69, 9.17) is 0 Å². The van der Waals surface area contributed by atoms with Gasteiger partial charge in [0.15, 0.2) is 0 Å². The molecule has 0 amide bonds. The molecular weight excluding hydrogens is 324 g/mol. The quantitative estimate of drug-likeness (QED) is 0.732. The summed E-state index contributed by atoms with van der Waals surface area (Å²) in [6.45, 7) is 9.44. The summed E-state index contributed by atoms with van der Waals surface area (Å²) < 4.78 is 26.0. The molecule has 0 radical (unpaired) electrons. The summed E-state index contributed by atoms with van der Waals surface area (Å²) in [7, 11) is -3.18. The Bertz CT molecular complexity index is 574. The van der Waals surface area contributed by atoms with Gasteiger partial charge in [-0.1, -0.05) is 30.3 Å². The molecule has 24 heavy (non-hydrogen) atoms. The Morgan fingerprint density at radius 3 is 2.29 bits per heavy atom. The SMILES string of the molecule is C[C@@H]1CN(S(=O)(=O)Cc2ccccc2)CCN1.C[C@@H]1CNCCN1. The smallest absolute Gasteiger partial charge is 0.218 e. The molecule has 2 heterocycles. The molecule has 1 aromatic carbocycles. The summed E-state index contributed by atoms with van der Waals surface area (Å²) in [6, 6.07) is 10.2. The lowest BCUT2D eigenvalue weighted by Crippen LogP contribution is -2.51. The summed E-state index contributed by atoms with van der Waals surface area (Å²) in [5.74, 6) is 0.0978. The van der Waals surface area contributed by atoms with E-state index < -0.39 is 10.0 Å². The highest BCUT2D eigenvalue weighted by Gasteiger charge is 2.26. The zero-order chi connectivity index (χ0) is 17.4. The van der Waals surface area contributed by atoms with Gasteiger partial charge in [0.25, 0.3) is 0 Å². The van der Waals surface area contributed by atoms with Crippen molar-refractivity contribution in [1.82, 2.24) is 20.3 Å². The van der Waals surface area contributed by atoms with E-state index in [1.807, 2.05) is 37.3 Å². The van der Waals surface area contributed by atoms with Gasteiger partial charge in [0.05, 0.1) is 5.75 Å². The molecule has 0 unspecified atom stereocenters. The Kier molecular flexibility index (Phi) is 7.64. The topological polar surface area (TPSA) is 73.5 Å². The second-order valence-corrected chi connectivity index (χ2v) is 8.48. The highest BCUT2D eigenvalue weighted by atomic mass is 32.2. The maximum absolute atomic E-state index is 12.2. The van der Waals surface area contributed by atoms with Gasteiger partial charge in [0.2, 0.25) is 10.0 Å². The second kappa shape index (κ2) is 9.48.